The lowest BCUT2D eigenvalue weighted by molar-refractivity contribution is -0.132. The largest absolute Gasteiger partial charge is 0.339 e. The fourth-order valence-electron chi connectivity index (χ4n) is 1.78. The third kappa shape index (κ3) is 4.09. The number of hydrogen-bond acceptors (Lipinski definition) is 4. The fourth-order valence-corrected chi connectivity index (χ4v) is 2.39. The lowest BCUT2D eigenvalue weighted by Gasteiger charge is -2.37. The number of hydrogen-bond donors (Lipinski definition) is 1. The van der Waals surface area contributed by atoms with Gasteiger partial charge in [0.05, 0.1) is 0 Å². The first kappa shape index (κ1) is 13.4. The Bertz CT molecular complexity index is 336. The number of carbonyl (C=O) groups excluding carboxylic acids is 1. The van der Waals surface area contributed by atoms with Crippen LogP contribution < -0.4 is 5.73 Å². The molecule has 1 aliphatic rings. The van der Waals surface area contributed by atoms with Crippen LogP contribution in [0.2, 0.25) is 0 Å². The van der Waals surface area contributed by atoms with Gasteiger partial charge in [0.2, 0.25) is 5.91 Å². The SMILES string of the molecule is CS(=O)(=O)CC(=O)N(CCCN)C1CCC1. The number of amides is 1. The van der Waals surface area contributed by atoms with E-state index in [1.165, 1.54) is 0 Å². The second-order valence-electron chi connectivity index (χ2n) is 4.38. The van der Waals surface area contributed by atoms with Crippen LogP contribution in [0.1, 0.15) is 25.7 Å². The van der Waals surface area contributed by atoms with Gasteiger partial charge in [0.1, 0.15) is 5.75 Å². The molecular weight excluding hydrogens is 228 g/mol. The maximum absolute atomic E-state index is 11.8. The molecule has 1 amide bonds. The van der Waals surface area contributed by atoms with Crippen LogP contribution in [0, 0.1) is 0 Å². The Morgan fingerprint density at radius 1 is 1.44 bits per heavy atom. The molecule has 1 fully saturated rings. The predicted octanol–water partition coefficient (Wildman–Crippen LogP) is -0.239. The number of nitrogens with two attached hydrogens (primary N) is 1. The van der Waals surface area contributed by atoms with Crippen LogP contribution in [-0.2, 0) is 14.6 Å². The van der Waals surface area contributed by atoms with E-state index < -0.39 is 9.84 Å². The molecule has 0 heterocycles. The molecule has 0 radical (unpaired) electrons. The maximum Gasteiger partial charge on any atom is 0.238 e. The van der Waals surface area contributed by atoms with Crippen molar-refractivity contribution in [2.45, 2.75) is 31.7 Å². The predicted molar refractivity (Wildman–Crippen MR) is 62.7 cm³/mol. The van der Waals surface area contributed by atoms with Gasteiger partial charge in [0, 0.05) is 18.8 Å². The molecule has 6 heteroatoms. The van der Waals surface area contributed by atoms with Crippen molar-refractivity contribution in [3.05, 3.63) is 0 Å². The van der Waals surface area contributed by atoms with Crippen LogP contribution in [0.25, 0.3) is 0 Å². The summed E-state index contributed by atoms with van der Waals surface area (Å²) in [5, 5.41) is 0. The summed E-state index contributed by atoms with van der Waals surface area (Å²) in [6.45, 7) is 1.10. The van der Waals surface area contributed by atoms with Gasteiger partial charge in [-0.1, -0.05) is 0 Å². The van der Waals surface area contributed by atoms with Crippen molar-refractivity contribution in [3.63, 3.8) is 0 Å². The van der Waals surface area contributed by atoms with Gasteiger partial charge in [-0.05, 0) is 32.2 Å². The molecule has 94 valence electrons. The molecule has 0 spiro atoms. The maximum atomic E-state index is 11.8. The number of sulfone groups is 1. The van der Waals surface area contributed by atoms with Crippen molar-refractivity contribution in [1.29, 1.82) is 0 Å². The van der Waals surface area contributed by atoms with E-state index in [0.717, 1.165) is 31.9 Å². The summed E-state index contributed by atoms with van der Waals surface area (Å²) in [7, 11) is -3.23. The highest BCUT2D eigenvalue weighted by Crippen LogP contribution is 2.25. The van der Waals surface area contributed by atoms with Crippen LogP contribution in [-0.4, -0.2) is 50.4 Å². The Kier molecular flexibility index (Phi) is 4.73. The summed E-state index contributed by atoms with van der Waals surface area (Å²) in [5.41, 5.74) is 5.41. The minimum Gasteiger partial charge on any atom is -0.339 e. The third-order valence-electron chi connectivity index (χ3n) is 2.82. The molecule has 0 aliphatic heterocycles. The fraction of sp³-hybridized carbons (Fsp3) is 0.900. The molecule has 0 bridgehead atoms. The minimum atomic E-state index is -3.23. The summed E-state index contributed by atoms with van der Waals surface area (Å²) < 4.78 is 22.2. The molecule has 0 aromatic heterocycles. The molecule has 0 aromatic rings. The standard InChI is InChI=1S/C10H20N2O3S/c1-16(14,15)8-10(13)12(7-3-6-11)9-4-2-5-9/h9H,2-8,11H2,1H3. The van der Waals surface area contributed by atoms with Crippen molar-refractivity contribution in [3.8, 4) is 0 Å². The molecular formula is C10H20N2O3S. The van der Waals surface area contributed by atoms with Crippen molar-refractivity contribution < 1.29 is 13.2 Å². The Morgan fingerprint density at radius 3 is 2.44 bits per heavy atom. The molecule has 0 aromatic carbocycles. The Labute approximate surface area is 96.9 Å². The van der Waals surface area contributed by atoms with E-state index >= 15 is 0 Å². The van der Waals surface area contributed by atoms with E-state index in [1.807, 2.05) is 0 Å². The van der Waals surface area contributed by atoms with E-state index in [4.69, 9.17) is 5.73 Å². The monoisotopic (exact) mass is 248 g/mol. The first-order chi connectivity index (χ1) is 7.44. The number of carbonyl (C=O) groups is 1. The van der Waals surface area contributed by atoms with Crippen molar-refractivity contribution in [2.24, 2.45) is 5.73 Å². The highest BCUT2D eigenvalue weighted by molar-refractivity contribution is 7.91. The summed E-state index contributed by atoms with van der Waals surface area (Å²) >= 11 is 0. The topological polar surface area (TPSA) is 80.5 Å². The Balaban J connectivity index is 2.56. The summed E-state index contributed by atoms with van der Waals surface area (Å²) in [6, 6.07) is 0.237. The molecule has 16 heavy (non-hydrogen) atoms. The zero-order chi connectivity index (χ0) is 12.2. The van der Waals surface area contributed by atoms with Gasteiger partial charge in [-0.15, -0.1) is 0 Å². The molecule has 1 saturated carbocycles. The summed E-state index contributed by atoms with van der Waals surface area (Å²) in [4.78, 5) is 13.5. The molecule has 1 aliphatic carbocycles. The van der Waals surface area contributed by atoms with Crippen LogP contribution in [0.4, 0.5) is 0 Å². The van der Waals surface area contributed by atoms with Gasteiger partial charge in [0.15, 0.2) is 9.84 Å². The zero-order valence-corrected chi connectivity index (χ0v) is 10.5. The Hall–Kier alpha value is -0.620. The zero-order valence-electron chi connectivity index (χ0n) is 9.68. The molecule has 0 saturated heterocycles. The van der Waals surface area contributed by atoms with Crippen LogP contribution in [0.3, 0.4) is 0 Å². The second-order valence-corrected chi connectivity index (χ2v) is 6.52. The van der Waals surface area contributed by atoms with E-state index in [2.05, 4.69) is 0 Å². The van der Waals surface area contributed by atoms with Gasteiger partial charge >= 0.3 is 0 Å². The third-order valence-corrected chi connectivity index (χ3v) is 3.60. The van der Waals surface area contributed by atoms with Crippen LogP contribution >= 0.6 is 0 Å². The summed E-state index contributed by atoms with van der Waals surface area (Å²) in [5.74, 6) is -0.658. The van der Waals surface area contributed by atoms with E-state index in [1.54, 1.807) is 4.90 Å². The van der Waals surface area contributed by atoms with Crippen LogP contribution in [0.5, 0.6) is 0 Å². The summed E-state index contributed by atoms with van der Waals surface area (Å²) in [6.07, 6.45) is 4.91. The van der Waals surface area contributed by atoms with Gasteiger partial charge in [-0.3, -0.25) is 4.79 Å². The quantitative estimate of drug-likeness (QED) is 0.703. The molecule has 1 rings (SSSR count). The number of rotatable bonds is 6. The molecule has 2 N–H and O–H groups in total. The average molecular weight is 248 g/mol. The minimum absolute atomic E-state index is 0.237. The van der Waals surface area contributed by atoms with E-state index in [0.29, 0.717) is 13.1 Å². The highest BCUT2D eigenvalue weighted by Gasteiger charge is 2.29. The molecule has 0 atom stereocenters. The lowest BCUT2D eigenvalue weighted by atomic mass is 9.91. The second kappa shape index (κ2) is 5.63. The van der Waals surface area contributed by atoms with Gasteiger partial charge in [-0.25, -0.2) is 8.42 Å². The first-order valence-electron chi connectivity index (χ1n) is 5.61. The highest BCUT2D eigenvalue weighted by atomic mass is 32.2. The van der Waals surface area contributed by atoms with Crippen molar-refractivity contribution in [2.75, 3.05) is 25.1 Å². The smallest absolute Gasteiger partial charge is 0.238 e. The van der Waals surface area contributed by atoms with Crippen molar-refractivity contribution >= 4 is 15.7 Å². The van der Waals surface area contributed by atoms with Gasteiger partial charge < -0.3 is 10.6 Å². The van der Waals surface area contributed by atoms with Gasteiger partial charge in [0.25, 0.3) is 0 Å². The lowest BCUT2D eigenvalue weighted by Crippen LogP contribution is -2.47. The van der Waals surface area contributed by atoms with Crippen molar-refractivity contribution in [1.82, 2.24) is 4.90 Å². The normalized spacial score (nSPS) is 16.9. The number of nitrogens with zero attached hydrogens (tertiary/aromatic N) is 1. The van der Waals surface area contributed by atoms with Crippen LogP contribution in [0.15, 0.2) is 0 Å². The van der Waals surface area contributed by atoms with Gasteiger partial charge in [-0.2, -0.15) is 0 Å². The first-order valence-corrected chi connectivity index (χ1v) is 7.67. The molecule has 0 unspecified atom stereocenters. The average Bonchev–Trinajstić information content (AvgIpc) is 2.05. The Morgan fingerprint density at radius 2 is 2.06 bits per heavy atom. The van der Waals surface area contributed by atoms with E-state index in [-0.39, 0.29) is 17.7 Å². The molecule has 5 nitrogen and oxygen atoms in total. The van der Waals surface area contributed by atoms with E-state index in [9.17, 15) is 13.2 Å².